The maximum absolute atomic E-state index is 12.2. The standard InChI is InChI=1S/C17H15BrN2O2/c1-2-20-15-8-7-14(9-12(15)10-16(20)21)19-17(22)11-3-5-13(18)6-4-11/h3-9H,2,10H2,1H3,(H,19,22). The smallest absolute Gasteiger partial charge is 0.255 e. The highest BCUT2D eigenvalue weighted by Crippen LogP contribution is 2.31. The van der Waals surface area contributed by atoms with Crippen LogP contribution in [0.1, 0.15) is 22.8 Å². The van der Waals surface area contributed by atoms with Crippen molar-refractivity contribution >= 4 is 39.1 Å². The molecule has 4 nitrogen and oxygen atoms in total. The van der Waals surface area contributed by atoms with E-state index in [-0.39, 0.29) is 11.8 Å². The highest BCUT2D eigenvalue weighted by Gasteiger charge is 2.26. The fraction of sp³-hybridized carbons (Fsp3) is 0.176. The minimum Gasteiger partial charge on any atom is -0.322 e. The Bertz CT molecular complexity index is 741. The number of likely N-dealkylation sites (N-methyl/N-ethyl adjacent to an activating group) is 1. The molecule has 0 saturated heterocycles. The first-order valence-corrected chi connectivity index (χ1v) is 7.88. The quantitative estimate of drug-likeness (QED) is 0.910. The average Bonchev–Trinajstić information content (AvgIpc) is 2.82. The summed E-state index contributed by atoms with van der Waals surface area (Å²) in [6.45, 7) is 2.62. The molecular formula is C17H15BrN2O2. The number of amides is 2. The summed E-state index contributed by atoms with van der Waals surface area (Å²) in [7, 11) is 0. The second-order valence-electron chi connectivity index (χ2n) is 5.12. The highest BCUT2D eigenvalue weighted by atomic mass is 79.9. The van der Waals surface area contributed by atoms with E-state index in [9.17, 15) is 9.59 Å². The molecule has 0 spiro atoms. The van der Waals surface area contributed by atoms with E-state index >= 15 is 0 Å². The van der Waals surface area contributed by atoms with Crippen molar-refractivity contribution in [1.82, 2.24) is 0 Å². The molecule has 1 N–H and O–H groups in total. The Morgan fingerprint density at radius 1 is 1.23 bits per heavy atom. The van der Waals surface area contributed by atoms with Gasteiger partial charge in [0.05, 0.1) is 6.42 Å². The zero-order valence-electron chi connectivity index (χ0n) is 12.1. The van der Waals surface area contributed by atoms with Crippen molar-refractivity contribution in [2.24, 2.45) is 0 Å². The van der Waals surface area contributed by atoms with Crippen LogP contribution in [0.15, 0.2) is 46.9 Å². The minimum atomic E-state index is -0.163. The van der Waals surface area contributed by atoms with Gasteiger partial charge in [-0.05, 0) is 55.0 Å². The van der Waals surface area contributed by atoms with Gasteiger partial charge >= 0.3 is 0 Å². The predicted octanol–water partition coefficient (Wildman–Crippen LogP) is 3.61. The van der Waals surface area contributed by atoms with E-state index in [4.69, 9.17) is 0 Å². The van der Waals surface area contributed by atoms with Crippen LogP contribution in [-0.4, -0.2) is 18.4 Å². The number of benzene rings is 2. The lowest BCUT2D eigenvalue weighted by Crippen LogP contribution is -2.25. The van der Waals surface area contributed by atoms with Crippen LogP contribution in [-0.2, 0) is 11.2 Å². The largest absolute Gasteiger partial charge is 0.322 e. The van der Waals surface area contributed by atoms with Crippen LogP contribution in [0.2, 0.25) is 0 Å². The van der Waals surface area contributed by atoms with Gasteiger partial charge in [-0.3, -0.25) is 9.59 Å². The Labute approximate surface area is 137 Å². The monoisotopic (exact) mass is 358 g/mol. The normalized spacial score (nSPS) is 13.2. The molecule has 1 heterocycles. The molecule has 0 unspecified atom stereocenters. The maximum Gasteiger partial charge on any atom is 0.255 e. The molecule has 0 bridgehead atoms. The molecule has 0 atom stereocenters. The lowest BCUT2D eigenvalue weighted by molar-refractivity contribution is -0.117. The lowest BCUT2D eigenvalue weighted by atomic mass is 10.1. The van der Waals surface area contributed by atoms with Crippen LogP contribution in [0.3, 0.4) is 0 Å². The third-order valence-corrected chi connectivity index (χ3v) is 4.22. The van der Waals surface area contributed by atoms with Crippen molar-refractivity contribution in [2.45, 2.75) is 13.3 Å². The van der Waals surface area contributed by atoms with Crippen LogP contribution >= 0.6 is 15.9 Å². The summed E-state index contributed by atoms with van der Waals surface area (Å²) < 4.78 is 0.930. The van der Waals surface area contributed by atoms with E-state index < -0.39 is 0 Å². The van der Waals surface area contributed by atoms with Crippen molar-refractivity contribution in [1.29, 1.82) is 0 Å². The van der Waals surface area contributed by atoms with Gasteiger partial charge in [-0.1, -0.05) is 15.9 Å². The highest BCUT2D eigenvalue weighted by molar-refractivity contribution is 9.10. The van der Waals surface area contributed by atoms with E-state index in [1.165, 1.54) is 0 Å². The molecule has 2 aromatic rings. The summed E-state index contributed by atoms with van der Waals surface area (Å²) in [4.78, 5) is 25.8. The van der Waals surface area contributed by atoms with Gasteiger partial charge in [0.15, 0.2) is 0 Å². The van der Waals surface area contributed by atoms with E-state index in [1.807, 2.05) is 37.3 Å². The first-order valence-electron chi connectivity index (χ1n) is 7.08. The van der Waals surface area contributed by atoms with Crippen LogP contribution in [0.25, 0.3) is 0 Å². The van der Waals surface area contributed by atoms with Crippen molar-refractivity contribution in [3.8, 4) is 0 Å². The molecule has 3 rings (SSSR count). The third-order valence-electron chi connectivity index (χ3n) is 3.69. The Balaban J connectivity index is 1.80. The van der Waals surface area contributed by atoms with Gasteiger partial charge in [-0.15, -0.1) is 0 Å². The van der Waals surface area contributed by atoms with Gasteiger partial charge in [0.2, 0.25) is 5.91 Å². The molecule has 0 aromatic heterocycles. The SMILES string of the molecule is CCN1C(=O)Cc2cc(NC(=O)c3ccc(Br)cc3)ccc21. The van der Waals surface area contributed by atoms with Crippen molar-refractivity contribution in [3.63, 3.8) is 0 Å². The van der Waals surface area contributed by atoms with Gasteiger partial charge in [-0.25, -0.2) is 0 Å². The zero-order chi connectivity index (χ0) is 15.7. The number of halogens is 1. The Hall–Kier alpha value is -2.14. The number of rotatable bonds is 3. The second-order valence-corrected chi connectivity index (χ2v) is 6.03. The predicted molar refractivity (Wildman–Crippen MR) is 90.3 cm³/mol. The number of hydrogen-bond acceptors (Lipinski definition) is 2. The average molecular weight is 359 g/mol. The Kier molecular flexibility index (Phi) is 3.98. The van der Waals surface area contributed by atoms with Crippen LogP contribution in [0, 0.1) is 0 Å². The summed E-state index contributed by atoms with van der Waals surface area (Å²) in [6.07, 6.45) is 0.394. The molecule has 0 radical (unpaired) electrons. The Morgan fingerprint density at radius 3 is 2.64 bits per heavy atom. The minimum absolute atomic E-state index is 0.105. The second kappa shape index (κ2) is 5.93. The van der Waals surface area contributed by atoms with E-state index in [0.717, 1.165) is 15.7 Å². The van der Waals surface area contributed by atoms with Gasteiger partial charge in [0.25, 0.3) is 5.91 Å². The van der Waals surface area contributed by atoms with Crippen molar-refractivity contribution < 1.29 is 9.59 Å². The fourth-order valence-electron chi connectivity index (χ4n) is 2.61. The van der Waals surface area contributed by atoms with Gasteiger partial charge in [0.1, 0.15) is 0 Å². The molecule has 1 aliphatic heterocycles. The van der Waals surface area contributed by atoms with E-state index in [2.05, 4.69) is 21.2 Å². The number of anilines is 2. The molecule has 1 aliphatic rings. The number of nitrogens with zero attached hydrogens (tertiary/aromatic N) is 1. The molecule has 2 amide bonds. The zero-order valence-corrected chi connectivity index (χ0v) is 13.7. The number of nitrogens with one attached hydrogen (secondary N) is 1. The molecule has 0 saturated carbocycles. The first kappa shape index (κ1) is 14.8. The number of hydrogen-bond donors (Lipinski definition) is 1. The molecule has 0 fully saturated rings. The van der Waals surface area contributed by atoms with E-state index in [1.54, 1.807) is 17.0 Å². The number of carbonyl (C=O) groups is 2. The van der Waals surface area contributed by atoms with E-state index in [0.29, 0.717) is 24.2 Å². The third kappa shape index (κ3) is 2.76. The molecule has 5 heteroatoms. The molecule has 22 heavy (non-hydrogen) atoms. The van der Waals surface area contributed by atoms with Gasteiger partial charge in [0, 0.05) is 28.0 Å². The molecule has 2 aromatic carbocycles. The van der Waals surface area contributed by atoms with Crippen molar-refractivity contribution in [3.05, 3.63) is 58.1 Å². The van der Waals surface area contributed by atoms with Crippen LogP contribution in [0.4, 0.5) is 11.4 Å². The van der Waals surface area contributed by atoms with Gasteiger partial charge < -0.3 is 10.2 Å². The summed E-state index contributed by atoms with van der Waals surface area (Å²) in [6, 6.07) is 12.8. The fourth-order valence-corrected chi connectivity index (χ4v) is 2.88. The van der Waals surface area contributed by atoms with Crippen LogP contribution in [0.5, 0.6) is 0 Å². The summed E-state index contributed by atoms with van der Waals surface area (Å²) >= 11 is 3.34. The summed E-state index contributed by atoms with van der Waals surface area (Å²) in [5.41, 5.74) is 3.20. The number of fused-ring (bicyclic) bond motifs is 1. The topological polar surface area (TPSA) is 49.4 Å². The van der Waals surface area contributed by atoms with Crippen molar-refractivity contribution in [2.75, 3.05) is 16.8 Å². The summed E-state index contributed by atoms with van der Waals surface area (Å²) in [5.74, 6) is -0.0574. The first-order chi connectivity index (χ1) is 10.6. The molecular weight excluding hydrogens is 344 g/mol. The Morgan fingerprint density at radius 2 is 1.95 bits per heavy atom. The number of carbonyl (C=O) groups excluding carboxylic acids is 2. The van der Waals surface area contributed by atoms with Crippen LogP contribution < -0.4 is 10.2 Å². The van der Waals surface area contributed by atoms with Gasteiger partial charge in [-0.2, -0.15) is 0 Å². The molecule has 0 aliphatic carbocycles. The maximum atomic E-state index is 12.2. The lowest BCUT2D eigenvalue weighted by Gasteiger charge is -2.15. The molecule has 112 valence electrons. The summed E-state index contributed by atoms with van der Waals surface area (Å²) in [5, 5.41) is 2.87.